The second-order valence-corrected chi connectivity index (χ2v) is 7.78. The van der Waals surface area contributed by atoms with Gasteiger partial charge in [0.1, 0.15) is 0 Å². The van der Waals surface area contributed by atoms with Gasteiger partial charge in [-0.1, -0.05) is 12.1 Å². The second kappa shape index (κ2) is 7.68. The summed E-state index contributed by atoms with van der Waals surface area (Å²) >= 11 is 0. The zero-order chi connectivity index (χ0) is 19.6. The topological polar surface area (TPSA) is 85.7 Å². The number of nitrogens with zero attached hydrogens (tertiary/aromatic N) is 2. The highest BCUT2D eigenvalue weighted by atomic mass is 16.5. The maximum Gasteiger partial charge on any atom is 0.337 e. The third-order valence-corrected chi connectivity index (χ3v) is 5.82. The van der Waals surface area contributed by atoms with E-state index in [0.717, 1.165) is 38.0 Å². The number of likely N-dealkylation sites (tertiary alicyclic amines) is 1. The van der Waals surface area contributed by atoms with Crippen LogP contribution in [0.1, 0.15) is 42.1 Å². The highest BCUT2D eigenvalue weighted by molar-refractivity contribution is 5.98. The number of esters is 1. The molecule has 27 heavy (non-hydrogen) atoms. The van der Waals surface area contributed by atoms with Gasteiger partial charge in [-0.3, -0.25) is 20.0 Å². The average Bonchev–Trinajstić information content (AvgIpc) is 2.66. The van der Waals surface area contributed by atoms with Gasteiger partial charge in [-0.15, -0.1) is 0 Å². The lowest BCUT2D eigenvalue weighted by Gasteiger charge is -2.47. The third kappa shape index (κ3) is 4.13. The first kappa shape index (κ1) is 19.4. The Balaban J connectivity index is 1.65. The summed E-state index contributed by atoms with van der Waals surface area (Å²) in [6, 6.07) is 7.51. The van der Waals surface area contributed by atoms with Crippen molar-refractivity contribution in [3.05, 3.63) is 35.4 Å². The van der Waals surface area contributed by atoms with Gasteiger partial charge in [-0.25, -0.2) is 4.79 Å². The highest BCUT2D eigenvalue weighted by Crippen LogP contribution is 2.33. The number of nitrogens with one attached hydrogen (secondary N) is 2. The molecule has 2 saturated heterocycles. The molecule has 2 heterocycles. The summed E-state index contributed by atoms with van der Waals surface area (Å²) in [5.41, 5.74) is 1.32. The third-order valence-electron chi connectivity index (χ3n) is 5.82. The van der Waals surface area contributed by atoms with Gasteiger partial charge < -0.3 is 10.1 Å². The van der Waals surface area contributed by atoms with Crippen molar-refractivity contribution in [2.45, 2.75) is 38.3 Å². The minimum Gasteiger partial charge on any atom is -0.465 e. The van der Waals surface area contributed by atoms with Crippen LogP contribution in [0.4, 0.5) is 0 Å². The molecule has 0 aromatic heterocycles. The number of ether oxygens (including phenoxy) is 1. The minimum absolute atomic E-state index is 0.00299. The van der Waals surface area contributed by atoms with Crippen LogP contribution in [-0.2, 0) is 16.1 Å². The van der Waals surface area contributed by atoms with Gasteiger partial charge >= 0.3 is 5.97 Å². The van der Waals surface area contributed by atoms with Crippen LogP contribution in [0.25, 0.3) is 0 Å². The zero-order valence-corrected chi connectivity index (χ0v) is 16.2. The Bertz CT molecular complexity index is 713. The molecule has 7 heteroatoms. The molecule has 7 nitrogen and oxygen atoms in total. The smallest absolute Gasteiger partial charge is 0.337 e. The lowest BCUT2D eigenvalue weighted by Crippen LogP contribution is -2.64. The van der Waals surface area contributed by atoms with E-state index in [4.69, 9.17) is 10.1 Å². The molecule has 0 radical (unpaired) electrons. The van der Waals surface area contributed by atoms with Crippen molar-refractivity contribution in [3.8, 4) is 0 Å². The van der Waals surface area contributed by atoms with Crippen molar-refractivity contribution in [2.75, 3.05) is 27.2 Å². The SMILES string of the molecule is COC(=O)c1ccc(CN2CCCC([C@]3(C)CC(=O)N(C)C(=N)N3)C2)cc1. The summed E-state index contributed by atoms with van der Waals surface area (Å²) in [4.78, 5) is 27.6. The van der Waals surface area contributed by atoms with Gasteiger partial charge in [0.25, 0.3) is 0 Å². The van der Waals surface area contributed by atoms with E-state index in [9.17, 15) is 9.59 Å². The lowest BCUT2D eigenvalue weighted by atomic mass is 9.76. The first-order valence-corrected chi connectivity index (χ1v) is 9.35. The standard InChI is InChI=1S/C20H28N4O3/c1-20(11-17(25)23(2)19(21)22-20)16-5-4-10-24(13-16)12-14-6-8-15(9-7-14)18(26)27-3/h6-9,16H,4-5,10-13H2,1-3H3,(H2,21,22)/t16?,20-/m0/s1. The Morgan fingerprint density at radius 2 is 2.07 bits per heavy atom. The molecule has 0 aliphatic carbocycles. The van der Waals surface area contributed by atoms with Crippen molar-refractivity contribution < 1.29 is 14.3 Å². The van der Waals surface area contributed by atoms with Gasteiger partial charge in [-0.05, 0) is 49.9 Å². The summed E-state index contributed by atoms with van der Waals surface area (Å²) in [7, 11) is 3.02. The van der Waals surface area contributed by atoms with E-state index in [0.29, 0.717) is 17.9 Å². The van der Waals surface area contributed by atoms with E-state index in [1.54, 1.807) is 19.2 Å². The number of methoxy groups -OCH3 is 1. The highest BCUT2D eigenvalue weighted by Gasteiger charge is 2.43. The predicted octanol–water partition coefficient (Wildman–Crippen LogP) is 1.83. The Morgan fingerprint density at radius 3 is 2.70 bits per heavy atom. The largest absolute Gasteiger partial charge is 0.465 e. The fourth-order valence-electron chi connectivity index (χ4n) is 4.04. The quantitative estimate of drug-likeness (QED) is 0.788. The number of carbonyl (C=O) groups excluding carboxylic acids is 2. The van der Waals surface area contributed by atoms with E-state index in [1.807, 2.05) is 12.1 Å². The summed E-state index contributed by atoms with van der Waals surface area (Å²) in [5, 5.41) is 11.3. The predicted molar refractivity (Wildman–Crippen MR) is 102 cm³/mol. The Kier molecular flexibility index (Phi) is 5.51. The molecule has 2 aliphatic rings. The first-order valence-electron chi connectivity index (χ1n) is 9.35. The number of rotatable bonds is 4. The average molecular weight is 372 g/mol. The summed E-state index contributed by atoms with van der Waals surface area (Å²) in [6.45, 7) is 4.76. The summed E-state index contributed by atoms with van der Waals surface area (Å²) in [6.07, 6.45) is 2.53. The molecule has 0 saturated carbocycles. The monoisotopic (exact) mass is 372 g/mol. The maximum atomic E-state index is 12.2. The molecule has 2 N–H and O–H groups in total. The van der Waals surface area contributed by atoms with E-state index in [1.165, 1.54) is 12.0 Å². The van der Waals surface area contributed by atoms with Crippen molar-refractivity contribution >= 4 is 17.8 Å². The van der Waals surface area contributed by atoms with Gasteiger partial charge in [0.2, 0.25) is 5.91 Å². The Morgan fingerprint density at radius 1 is 1.37 bits per heavy atom. The molecular formula is C20H28N4O3. The fourth-order valence-corrected chi connectivity index (χ4v) is 4.04. The van der Waals surface area contributed by atoms with E-state index < -0.39 is 0 Å². The maximum absolute atomic E-state index is 12.2. The molecule has 146 valence electrons. The van der Waals surface area contributed by atoms with Crippen LogP contribution >= 0.6 is 0 Å². The molecule has 1 amide bonds. The minimum atomic E-state index is -0.381. The van der Waals surface area contributed by atoms with E-state index >= 15 is 0 Å². The van der Waals surface area contributed by atoms with Gasteiger partial charge in [0, 0.05) is 20.1 Å². The molecule has 2 atom stereocenters. The number of hydrogen-bond acceptors (Lipinski definition) is 5. The van der Waals surface area contributed by atoms with Gasteiger partial charge in [0.15, 0.2) is 5.96 Å². The van der Waals surface area contributed by atoms with Crippen molar-refractivity contribution in [1.82, 2.24) is 15.1 Å². The number of benzene rings is 1. The number of carbonyl (C=O) groups is 2. The Labute approximate surface area is 160 Å². The molecular weight excluding hydrogens is 344 g/mol. The number of piperidine rings is 1. The molecule has 1 aromatic carbocycles. The molecule has 2 aliphatic heterocycles. The van der Waals surface area contributed by atoms with Crippen LogP contribution in [-0.4, -0.2) is 60.4 Å². The van der Waals surface area contributed by atoms with Crippen LogP contribution in [0.15, 0.2) is 24.3 Å². The number of hydrogen-bond donors (Lipinski definition) is 2. The lowest BCUT2D eigenvalue weighted by molar-refractivity contribution is -0.130. The number of amides is 1. The normalized spacial score (nSPS) is 26.6. The van der Waals surface area contributed by atoms with Crippen LogP contribution in [0.3, 0.4) is 0 Å². The molecule has 1 unspecified atom stereocenters. The molecule has 0 spiro atoms. The first-order chi connectivity index (χ1) is 12.8. The van der Waals surface area contributed by atoms with Crippen LogP contribution in [0, 0.1) is 11.3 Å². The Hall–Kier alpha value is -2.41. The molecule has 3 rings (SSSR count). The molecule has 0 bridgehead atoms. The molecule has 2 fully saturated rings. The van der Waals surface area contributed by atoms with Crippen molar-refractivity contribution in [1.29, 1.82) is 5.41 Å². The van der Waals surface area contributed by atoms with E-state index in [-0.39, 0.29) is 23.4 Å². The fraction of sp³-hybridized carbons (Fsp3) is 0.550. The van der Waals surface area contributed by atoms with Crippen molar-refractivity contribution in [2.24, 2.45) is 5.92 Å². The van der Waals surface area contributed by atoms with E-state index in [2.05, 4.69) is 17.1 Å². The van der Waals surface area contributed by atoms with Crippen LogP contribution in [0.2, 0.25) is 0 Å². The van der Waals surface area contributed by atoms with Crippen LogP contribution < -0.4 is 5.32 Å². The van der Waals surface area contributed by atoms with Gasteiger partial charge in [0.05, 0.1) is 24.6 Å². The second-order valence-electron chi connectivity index (χ2n) is 7.78. The zero-order valence-electron chi connectivity index (χ0n) is 16.2. The molecule has 1 aromatic rings. The summed E-state index contributed by atoms with van der Waals surface area (Å²) < 4.78 is 4.74. The number of guanidine groups is 1. The van der Waals surface area contributed by atoms with Crippen molar-refractivity contribution in [3.63, 3.8) is 0 Å². The van der Waals surface area contributed by atoms with Crippen LogP contribution in [0.5, 0.6) is 0 Å². The van der Waals surface area contributed by atoms with Gasteiger partial charge in [-0.2, -0.15) is 0 Å². The summed E-state index contributed by atoms with van der Waals surface area (Å²) in [5.74, 6) is 0.160.